The molecule has 0 unspecified atom stereocenters. The van der Waals surface area contributed by atoms with Gasteiger partial charge in [0.2, 0.25) is 0 Å². The highest BCUT2D eigenvalue weighted by atomic mass is 16.5. The highest BCUT2D eigenvalue weighted by Gasteiger charge is 2.18. The molecule has 0 radical (unpaired) electrons. The van der Waals surface area contributed by atoms with Crippen molar-refractivity contribution in [3.8, 4) is 5.75 Å². The van der Waals surface area contributed by atoms with Crippen molar-refractivity contribution in [2.24, 2.45) is 0 Å². The van der Waals surface area contributed by atoms with Crippen molar-refractivity contribution in [1.29, 1.82) is 0 Å². The molecule has 0 spiro atoms. The van der Waals surface area contributed by atoms with Gasteiger partial charge in [-0.3, -0.25) is 9.59 Å². The number of rotatable bonds is 8. The molecule has 3 rings (SSSR count). The van der Waals surface area contributed by atoms with Crippen LogP contribution in [0, 0.1) is 13.8 Å². The first kappa shape index (κ1) is 21.9. The number of aryl methyl sites for hydroxylation is 2. The van der Waals surface area contributed by atoms with Gasteiger partial charge in [-0.05, 0) is 56.7 Å². The molecule has 0 saturated heterocycles. The maximum absolute atomic E-state index is 12.9. The average Bonchev–Trinajstić information content (AvgIpc) is 3.26. The van der Waals surface area contributed by atoms with Gasteiger partial charge in [0.15, 0.2) is 0 Å². The zero-order valence-corrected chi connectivity index (χ0v) is 17.8. The molecule has 2 N–H and O–H groups in total. The Morgan fingerprint density at radius 2 is 1.77 bits per heavy atom. The van der Waals surface area contributed by atoms with E-state index in [9.17, 15) is 9.59 Å². The molecule has 2 amide bonds. The zero-order valence-electron chi connectivity index (χ0n) is 17.8. The van der Waals surface area contributed by atoms with Crippen molar-refractivity contribution in [3.05, 3.63) is 95.1 Å². The fourth-order valence-corrected chi connectivity index (χ4v) is 2.89. The summed E-state index contributed by atoms with van der Waals surface area (Å²) >= 11 is 0. The third-order valence-electron chi connectivity index (χ3n) is 4.61. The summed E-state index contributed by atoms with van der Waals surface area (Å²) in [6, 6.07) is 18.0. The molecular weight excluding hydrogens is 392 g/mol. The summed E-state index contributed by atoms with van der Waals surface area (Å²) < 4.78 is 11.0. The van der Waals surface area contributed by atoms with Crippen molar-refractivity contribution in [2.75, 3.05) is 6.61 Å². The number of hydrogen-bond donors (Lipinski definition) is 2. The molecule has 0 aliphatic rings. The van der Waals surface area contributed by atoms with E-state index in [1.165, 1.54) is 12.3 Å². The van der Waals surface area contributed by atoms with Crippen LogP contribution in [0.2, 0.25) is 0 Å². The lowest BCUT2D eigenvalue weighted by molar-refractivity contribution is -0.118. The molecule has 31 heavy (non-hydrogen) atoms. The number of benzene rings is 2. The van der Waals surface area contributed by atoms with Gasteiger partial charge >= 0.3 is 0 Å². The first-order valence-electron chi connectivity index (χ1n) is 10.0. The van der Waals surface area contributed by atoms with Gasteiger partial charge in [-0.15, -0.1) is 0 Å². The summed E-state index contributed by atoms with van der Waals surface area (Å²) in [6.07, 6.45) is 3.00. The van der Waals surface area contributed by atoms with Gasteiger partial charge in [0, 0.05) is 11.6 Å². The summed E-state index contributed by atoms with van der Waals surface area (Å²) in [6.45, 7) is 5.97. The Morgan fingerprint density at radius 1 is 1.03 bits per heavy atom. The number of carbonyl (C=O) groups is 2. The Balaban J connectivity index is 1.68. The van der Waals surface area contributed by atoms with Crippen LogP contribution < -0.4 is 15.4 Å². The lowest BCUT2D eigenvalue weighted by Gasteiger charge is -2.17. The highest BCUT2D eigenvalue weighted by Crippen LogP contribution is 2.13. The second kappa shape index (κ2) is 10.3. The van der Waals surface area contributed by atoms with Crippen molar-refractivity contribution in [1.82, 2.24) is 10.6 Å². The zero-order chi connectivity index (χ0) is 22.2. The van der Waals surface area contributed by atoms with E-state index in [0.29, 0.717) is 11.3 Å². The van der Waals surface area contributed by atoms with Gasteiger partial charge in [0.05, 0.1) is 12.3 Å². The lowest BCUT2D eigenvalue weighted by Crippen LogP contribution is -2.41. The lowest BCUT2D eigenvalue weighted by atomic mass is 10.1. The fraction of sp³-hybridized carbons (Fsp3) is 0.200. The molecule has 1 heterocycles. The molecular formula is C25H26N2O4. The quantitative estimate of drug-likeness (QED) is 0.536. The minimum Gasteiger partial charge on any atom is -0.491 e. The number of carbonyl (C=O) groups excluding carboxylic acids is 2. The Morgan fingerprint density at radius 3 is 2.45 bits per heavy atom. The summed E-state index contributed by atoms with van der Waals surface area (Å²) in [5.41, 5.74) is 2.55. The Bertz CT molecular complexity index is 1050. The Kier molecular flexibility index (Phi) is 7.27. The third-order valence-corrected chi connectivity index (χ3v) is 4.61. The van der Waals surface area contributed by atoms with E-state index in [-0.39, 0.29) is 24.3 Å². The maximum atomic E-state index is 12.9. The van der Waals surface area contributed by atoms with Crippen LogP contribution in [0.5, 0.6) is 5.75 Å². The first-order valence-corrected chi connectivity index (χ1v) is 10.0. The van der Waals surface area contributed by atoms with E-state index in [2.05, 4.69) is 10.6 Å². The van der Waals surface area contributed by atoms with E-state index >= 15 is 0 Å². The number of amides is 2. The van der Waals surface area contributed by atoms with E-state index in [0.717, 1.165) is 16.9 Å². The fourth-order valence-electron chi connectivity index (χ4n) is 2.89. The van der Waals surface area contributed by atoms with Gasteiger partial charge in [-0.2, -0.15) is 0 Å². The molecule has 2 aromatic carbocycles. The van der Waals surface area contributed by atoms with Crippen LogP contribution >= 0.6 is 0 Å². The molecule has 1 atom stereocenters. The smallest absolute Gasteiger partial charge is 0.268 e. The van der Waals surface area contributed by atoms with Gasteiger partial charge < -0.3 is 19.8 Å². The largest absolute Gasteiger partial charge is 0.491 e. The van der Waals surface area contributed by atoms with E-state index in [4.69, 9.17) is 9.15 Å². The molecule has 160 valence electrons. The van der Waals surface area contributed by atoms with Crippen LogP contribution in [0.3, 0.4) is 0 Å². The molecule has 0 bridgehead atoms. The predicted molar refractivity (Wildman–Crippen MR) is 120 cm³/mol. The summed E-state index contributed by atoms with van der Waals surface area (Å²) in [5, 5.41) is 5.56. The second-order valence-corrected chi connectivity index (χ2v) is 7.34. The molecule has 0 aliphatic carbocycles. The highest BCUT2D eigenvalue weighted by molar-refractivity contribution is 6.05. The third kappa shape index (κ3) is 6.34. The van der Waals surface area contributed by atoms with Crippen LogP contribution in [-0.2, 0) is 4.79 Å². The number of nitrogens with one attached hydrogen (secondary N) is 2. The minimum atomic E-state index is -0.432. The van der Waals surface area contributed by atoms with E-state index < -0.39 is 5.91 Å². The summed E-state index contributed by atoms with van der Waals surface area (Å²) in [4.78, 5) is 25.6. The van der Waals surface area contributed by atoms with E-state index in [1.54, 1.807) is 24.3 Å². The van der Waals surface area contributed by atoms with E-state index in [1.807, 2.05) is 57.2 Å². The van der Waals surface area contributed by atoms with Crippen molar-refractivity contribution < 1.29 is 18.7 Å². The van der Waals surface area contributed by atoms with Gasteiger partial charge in [-0.25, -0.2) is 0 Å². The molecule has 1 aromatic heterocycles. The Labute approximate surface area is 181 Å². The average molecular weight is 418 g/mol. The molecule has 6 nitrogen and oxygen atoms in total. The van der Waals surface area contributed by atoms with Crippen LogP contribution in [-0.4, -0.2) is 24.5 Å². The number of ether oxygens (including phenoxy) is 1. The van der Waals surface area contributed by atoms with Gasteiger partial charge in [0.25, 0.3) is 11.8 Å². The van der Waals surface area contributed by atoms with Crippen molar-refractivity contribution >= 4 is 17.9 Å². The predicted octanol–water partition coefficient (Wildman–Crippen LogP) is 4.25. The first-order chi connectivity index (χ1) is 14.9. The standard InChI is InChI=1S/C25H26N2O4/c1-17-10-12-20(13-11-17)31-16-19(3)26-25(29)23(15-21-8-6-14-30-21)27-24(28)22-9-5-4-7-18(22)2/h4-15,19H,16H2,1-3H3,(H,26,29)(H,27,28)/b23-15-/t19-/m1/s1. The normalized spacial score (nSPS) is 12.2. The molecule has 0 saturated carbocycles. The minimum absolute atomic E-state index is 0.0883. The van der Waals surface area contributed by atoms with Crippen molar-refractivity contribution in [2.45, 2.75) is 26.8 Å². The van der Waals surface area contributed by atoms with Crippen LogP contribution in [0.1, 0.15) is 34.2 Å². The monoisotopic (exact) mass is 418 g/mol. The molecule has 0 aliphatic heterocycles. The molecule has 6 heteroatoms. The van der Waals surface area contributed by atoms with Crippen LogP contribution in [0.15, 0.2) is 77.0 Å². The van der Waals surface area contributed by atoms with Crippen LogP contribution in [0.25, 0.3) is 6.08 Å². The SMILES string of the molecule is Cc1ccc(OC[C@@H](C)NC(=O)/C(=C/c2ccco2)NC(=O)c2ccccc2C)cc1. The van der Waals surface area contributed by atoms with Crippen molar-refractivity contribution in [3.63, 3.8) is 0 Å². The van der Waals surface area contributed by atoms with Crippen LogP contribution in [0.4, 0.5) is 0 Å². The topological polar surface area (TPSA) is 80.6 Å². The maximum Gasteiger partial charge on any atom is 0.268 e. The molecule has 0 fully saturated rings. The van der Waals surface area contributed by atoms with Gasteiger partial charge in [-0.1, -0.05) is 35.9 Å². The summed E-state index contributed by atoms with van der Waals surface area (Å²) in [7, 11) is 0. The number of furan rings is 1. The van der Waals surface area contributed by atoms with Gasteiger partial charge in [0.1, 0.15) is 23.8 Å². The molecule has 3 aromatic rings. The number of hydrogen-bond acceptors (Lipinski definition) is 4. The summed E-state index contributed by atoms with van der Waals surface area (Å²) in [5.74, 6) is 0.387. The Hall–Kier alpha value is -3.80. The second-order valence-electron chi connectivity index (χ2n) is 7.34.